The first-order valence-corrected chi connectivity index (χ1v) is 9.65. The molecule has 0 amide bonds. The molecule has 0 saturated carbocycles. The largest absolute Gasteiger partial charge is 0.508 e. The Kier molecular flexibility index (Phi) is 8.92. The van der Waals surface area contributed by atoms with Gasteiger partial charge in [-0.1, -0.05) is 6.92 Å². The van der Waals surface area contributed by atoms with Crippen molar-refractivity contribution in [2.75, 3.05) is 28.4 Å². The summed E-state index contributed by atoms with van der Waals surface area (Å²) in [7, 11) is 6.55. The number of methoxy groups -OCH3 is 4. The van der Waals surface area contributed by atoms with Crippen molar-refractivity contribution in [3.63, 3.8) is 0 Å². The molecule has 0 aliphatic carbocycles. The maximum atomic E-state index is 10.2. The first-order valence-electron chi connectivity index (χ1n) is 9.65. The van der Waals surface area contributed by atoms with Crippen molar-refractivity contribution in [1.82, 2.24) is 0 Å². The van der Waals surface area contributed by atoms with E-state index in [1.165, 1.54) is 0 Å². The standard InChI is InChI=1S/C23H32O6/c1-6-21(22-15(11-26-2)7-19(24)8-16(22)12-27-3)23-17(13-28-4)9-20(25)10-18(23)14-29-5/h7-10,21,24-25H,6,11-14H2,1-5H3. The summed E-state index contributed by atoms with van der Waals surface area (Å²) < 4.78 is 21.7. The summed E-state index contributed by atoms with van der Waals surface area (Å²) in [5.74, 6) is 0.354. The van der Waals surface area contributed by atoms with Crippen molar-refractivity contribution in [2.24, 2.45) is 0 Å². The molecule has 2 rings (SSSR count). The van der Waals surface area contributed by atoms with Gasteiger partial charge >= 0.3 is 0 Å². The SMILES string of the molecule is CCC(c1c(COC)cc(O)cc1COC)c1c(COC)cc(O)cc1COC. The number of ether oxygens (including phenoxy) is 4. The Labute approximate surface area is 173 Å². The van der Waals surface area contributed by atoms with Crippen LogP contribution in [0.4, 0.5) is 0 Å². The summed E-state index contributed by atoms with van der Waals surface area (Å²) in [4.78, 5) is 0. The van der Waals surface area contributed by atoms with Crippen molar-refractivity contribution in [1.29, 1.82) is 0 Å². The first-order chi connectivity index (χ1) is 14.0. The van der Waals surface area contributed by atoms with Gasteiger partial charge in [-0.05, 0) is 64.1 Å². The van der Waals surface area contributed by atoms with Crippen molar-refractivity contribution >= 4 is 0 Å². The van der Waals surface area contributed by atoms with Crippen LogP contribution in [0.2, 0.25) is 0 Å². The van der Waals surface area contributed by atoms with E-state index in [0.717, 1.165) is 39.8 Å². The Bertz CT molecular complexity index is 682. The molecule has 0 unspecified atom stereocenters. The molecule has 0 bridgehead atoms. The Morgan fingerprint density at radius 2 is 0.897 bits per heavy atom. The molecule has 0 heterocycles. The maximum absolute atomic E-state index is 10.2. The van der Waals surface area contributed by atoms with Gasteiger partial charge in [0.2, 0.25) is 0 Å². The third kappa shape index (κ3) is 5.48. The number of phenolic OH excluding ortho intramolecular Hbond substituents is 2. The lowest BCUT2D eigenvalue weighted by Gasteiger charge is -2.27. The maximum Gasteiger partial charge on any atom is 0.116 e. The highest BCUT2D eigenvalue weighted by molar-refractivity contribution is 5.52. The molecule has 160 valence electrons. The van der Waals surface area contributed by atoms with Crippen LogP contribution in [0.3, 0.4) is 0 Å². The predicted octanol–water partition coefficient (Wildman–Crippen LogP) is 4.23. The van der Waals surface area contributed by atoms with Crippen LogP contribution in [0.5, 0.6) is 11.5 Å². The van der Waals surface area contributed by atoms with Crippen LogP contribution < -0.4 is 0 Å². The van der Waals surface area contributed by atoms with Gasteiger partial charge in [-0.3, -0.25) is 0 Å². The van der Waals surface area contributed by atoms with Gasteiger partial charge in [-0.15, -0.1) is 0 Å². The molecule has 6 heteroatoms. The summed E-state index contributed by atoms with van der Waals surface area (Å²) in [5, 5.41) is 20.5. The lowest BCUT2D eigenvalue weighted by molar-refractivity contribution is 0.175. The van der Waals surface area contributed by atoms with Gasteiger partial charge in [-0.25, -0.2) is 0 Å². The smallest absolute Gasteiger partial charge is 0.116 e. The van der Waals surface area contributed by atoms with E-state index in [9.17, 15) is 10.2 Å². The van der Waals surface area contributed by atoms with Crippen LogP contribution >= 0.6 is 0 Å². The van der Waals surface area contributed by atoms with Crippen molar-refractivity contribution in [3.8, 4) is 11.5 Å². The Morgan fingerprint density at radius 3 is 1.10 bits per heavy atom. The normalized spacial score (nSPS) is 11.4. The second-order valence-corrected chi connectivity index (χ2v) is 7.05. The second-order valence-electron chi connectivity index (χ2n) is 7.05. The van der Waals surface area contributed by atoms with Crippen LogP contribution in [0.1, 0.15) is 52.6 Å². The summed E-state index contributed by atoms with van der Waals surface area (Å²) in [6.07, 6.45) is 0.802. The molecule has 2 aromatic carbocycles. The predicted molar refractivity (Wildman–Crippen MR) is 111 cm³/mol. The van der Waals surface area contributed by atoms with Gasteiger partial charge in [0.15, 0.2) is 0 Å². The zero-order valence-electron chi connectivity index (χ0n) is 17.9. The molecule has 29 heavy (non-hydrogen) atoms. The Morgan fingerprint density at radius 1 is 0.621 bits per heavy atom. The number of rotatable bonds is 11. The monoisotopic (exact) mass is 404 g/mol. The summed E-state index contributed by atoms with van der Waals surface area (Å²) in [6.45, 7) is 3.59. The van der Waals surface area contributed by atoms with E-state index in [1.807, 2.05) is 0 Å². The van der Waals surface area contributed by atoms with E-state index in [2.05, 4.69) is 6.92 Å². The molecule has 0 aromatic heterocycles. The summed E-state index contributed by atoms with van der Waals surface area (Å²) in [5.41, 5.74) is 5.76. The summed E-state index contributed by atoms with van der Waals surface area (Å²) in [6, 6.07) is 6.97. The molecule has 0 fully saturated rings. The molecular weight excluding hydrogens is 372 g/mol. The van der Waals surface area contributed by atoms with Crippen LogP contribution in [-0.2, 0) is 45.4 Å². The van der Waals surface area contributed by atoms with Crippen LogP contribution in [0.15, 0.2) is 24.3 Å². The Hall–Kier alpha value is -2.12. The highest BCUT2D eigenvalue weighted by Gasteiger charge is 2.26. The summed E-state index contributed by atoms with van der Waals surface area (Å²) >= 11 is 0. The molecule has 2 N–H and O–H groups in total. The zero-order chi connectivity index (χ0) is 21.4. The van der Waals surface area contributed by atoms with Gasteiger partial charge in [0.25, 0.3) is 0 Å². The van der Waals surface area contributed by atoms with Gasteiger partial charge in [0.1, 0.15) is 11.5 Å². The number of hydrogen-bond acceptors (Lipinski definition) is 6. The minimum absolute atomic E-state index is 0.0122. The lowest BCUT2D eigenvalue weighted by Crippen LogP contribution is -2.14. The third-order valence-electron chi connectivity index (χ3n) is 4.98. The molecule has 6 nitrogen and oxygen atoms in total. The third-order valence-corrected chi connectivity index (χ3v) is 4.98. The number of benzene rings is 2. The zero-order valence-corrected chi connectivity index (χ0v) is 17.9. The molecule has 0 aliphatic heterocycles. The van der Waals surface area contributed by atoms with Crippen molar-refractivity contribution in [2.45, 2.75) is 45.7 Å². The first kappa shape index (κ1) is 23.2. The van der Waals surface area contributed by atoms with E-state index >= 15 is 0 Å². The molecular formula is C23H32O6. The van der Waals surface area contributed by atoms with Gasteiger partial charge in [0, 0.05) is 34.4 Å². The van der Waals surface area contributed by atoms with E-state index in [1.54, 1.807) is 52.7 Å². The second kappa shape index (κ2) is 11.2. The Balaban J connectivity index is 2.79. The highest BCUT2D eigenvalue weighted by atomic mass is 16.5. The number of phenols is 2. The van der Waals surface area contributed by atoms with Crippen LogP contribution in [0.25, 0.3) is 0 Å². The van der Waals surface area contributed by atoms with E-state index in [-0.39, 0.29) is 17.4 Å². The minimum Gasteiger partial charge on any atom is -0.508 e. The number of aromatic hydroxyl groups is 2. The van der Waals surface area contributed by atoms with E-state index in [0.29, 0.717) is 26.4 Å². The average Bonchev–Trinajstić information content (AvgIpc) is 2.66. The molecule has 0 aliphatic rings. The van der Waals surface area contributed by atoms with Gasteiger partial charge in [-0.2, -0.15) is 0 Å². The van der Waals surface area contributed by atoms with E-state index < -0.39 is 0 Å². The molecule has 0 radical (unpaired) electrons. The van der Waals surface area contributed by atoms with Crippen molar-refractivity contribution in [3.05, 3.63) is 57.6 Å². The fourth-order valence-electron chi connectivity index (χ4n) is 4.07. The van der Waals surface area contributed by atoms with Gasteiger partial charge < -0.3 is 29.2 Å². The van der Waals surface area contributed by atoms with Crippen molar-refractivity contribution < 1.29 is 29.2 Å². The average molecular weight is 405 g/mol. The topological polar surface area (TPSA) is 77.4 Å². The fraction of sp³-hybridized carbons (Fsp3) is 0.478. The minimum atomic E-state index is -0.0122. The van der Waals surface area contributed by atoms with Crippen LogP contribution in [-0.4, -0.2) is 38.7 Å². The number of hydrogen-bond donors (Lipinski definition) is 2. The quantitative estimate of drug-likeness (QED) is 0.584. The molecule has 2 aromatic rings. The molecule has 0 atom stereocenters. The fourth-order valence-corrected chi connectivity index (χ4v) is 4.07. The van der Waals surface area contributed by atoms with E-state index in [4.69, 9.17) is 18.9 Å². The van der Waals surface area contributed by atoms with Gasteiger partial charge in [0.05, 0.1) is 26.4 Å². The molecule has 0 spiro atoms. The highest BCUT2D eigenvalue weighted by Crippen LogP contribution is 2.40. The molecule has 0 saturated heterocycles. The lowest BCUT2D eigenvalue weighted by atomic mass is 9.79. The van der Waals surface area contributed by atoms with Crippen LogP contribution in [0, 0.1) is 0 Å².